The SMILES string of the molecule is CC(CC(=O)O)NC(=O)C(F)(F)c1ccccc1. The minimum absolute atomic E-state index is 0.406. The van der Waals surface area contributed by atoms with Gasteiger partial charge in [0.2, 0.25) is 0 Å². The first-order chi connectivity index (χ1) is 8.34. The Labute approximate surface area is 103 Å². The van der Waals surface area contributed by atoms with E-state index in [1.54, 1.807) is 6.07 Å². The Kier molecular flexibility index (Phi) is 4.36. The summed E-state index contributed by atoms with van der Waals surface area (Å²) in [6.07, 6.45) is -0.406. The van der Waals surface area contributed by atoms with Crippen LogP contribution in [0.4, 0.5) is 8.78 Å². The highest BCUT2D eigenvalue weighted by atomic mass is 19.3. The number of carbonyl (C=O) groups is 2. The van der Waals surface area contributed by atoms with E-state index >= 15 is 0 Å². The summed E-state index contributed by atoms with van der Waals surface area (Å²) in [5, 5.41) is 10.5. The highest BCUT2D eigenvalue weighted by molar-refractivity contribution is 5.85. The summed E-state index contributed by atoms with van der Waals surface area (Å²) in [5.74, 6) is -6.33. The van der Waals surface area contributed by atoms with E-state index in [-0.39, 0.29) is 0 Å². The average Bonchev–Trinajstić information content (AvgIpc) is 2.28. The van der Waals surface area contributed by atoms with E-state index in [1.165, 1.54) is 19.1 Å². The number of rotatable bonds is 5. The summed E-state index contributed by atoms with van der Waals surface area (Å²) in [4.78, 5) is 21.8. The van der Waals surface area contributed by atoms with Gasteiger partial charge >= 0.3 is 11.9 Å². The Morgan fingerprint density at radius 3 is 2.39 bits per heavy atom. The molecule has 0 aromatic heterocycles. The second-order valence-electron chi connectivity index (χ2n) is 3.91. The second kappa shape index (κ2) is 5.57. The normalized spacial score (nSPS) is 12.8. The van der Waals surface area contributed by atoms with E-state index in [1.807, 2.05) is 5.32 Å². The fourth-order valence-corrected chi connectivity index (χ4v) is 1.41. The van der Waals surface area contributed by atoms with Gasteiger partial charge in [-0.25, -0.2) is 0 Å². The number of carbonyl (C=O) groups excluding carboxylic acids is 1. The molecule has 4 nitrogen and oxygen atoms in total. The van der Waals surface area contributed by atoms with Crippen molar-refractivity contribution in [1.29, 1.82) is 0 Å². The molecule has 1 unspecified atom stereocenters. The molecule has 1 amide bonds. The number of alkyl halides is 2. The summed E-state index contributed by atoms with van der Waals surface area (Å²) in [5.41, 5.74) is -0.426. The van der Waals surface area contributed by atoms with Crippen LogP contribution in [0.5, 0.6) is 0 Å². The lowest BCUT2D eigenvalue weighted by Gasteiger charge is -2.19. The topological polar surface area (TPSA) is 66.4 Å². The molecule has 2 N–H and O–H groups in total. The van der Waals surface area contributed by atoms with Gasteiger partial charge in [0.15, 0.2) is 0 Å². The van der Waals surface area contributed by atoms with E-state index < -0.39 is 35.8 Å². The number of benzene rings is 1. The van der Waals surface area contributed by atoms with E-state index in [2.05, 4.69) is 0 Å². The lowest BCUT2D eigenvalue weighted by molar-refractivity contribution is -0.148. The number of nitrogens with one attached hydrogen (secondary N) is 1. The highest BCUT2D eigenvalue weighted by Crippen LogP contribution is 2.27. The van der Waals surface area contributed by atoms with Gasteiger partial charge in [0.1, 0.15) is 0 Å². The maximum absolute atomic E-state index is 13.7. The van der Waals surface area contributed by atoms with Crippen LogP contribution in [0.25, 0.3) is 0 Å². The number of hydrogen-bond acceptors (Lipinski definition) is 2. The summed E-state index contributed by atoms with van der Waals surface area (Å²) in [6, 6.07) is 5.78. The van der Waals surface area contributed by atoms with Crippen LogP contribution in [0, 0.1) is 0 Å². The Bertz CT molecular complexity index is 434. The molecule has 1 atom stereocenters. The third-order valence-corrected chi connectivity index (χ3v) is 2.28. The smallest absolute Gasteiger partial charge is 0.349 e. The number of carboxylic acids is 1. The number of carboxylic acid groups (broad SMARTS) is 1. The molecule has 0 radical (unpaired) electrons. The van der Waals surface area contributed by atoms with Gasteiger partial charge < -0.3 is 10.4 Å². The van der Waals surface area contributed by atoms with Crippen molar-refractivity contribution in [2.24, 2.45) is 0 Å². The van der Waals surface area contributed by atoms with Crippen LogP contribution >= 0.6 is 0 Å². The largest absolute Gasteiger partial charge is 0.481 e. The average molecular weight is 257 g/mol. The zero-order chi connectivity index (χ0) is 13.8. The molecule has 0 saturated heterocycles. The third-order valence-electron chi connectivity index (χ3n) is 2.28. The van der Waals surface area contributed by atoms with Crippen molar-refractivity contribution < 1.29 is 23.5 Å². The second-order valence-corrected chi connectivity index (χ2v) is 3.91. The minimum atomic E-state index is -3.67. The highest BCUT2D eigenvalue weighted by Gasteiger charge is 2.41. The van der Waals surface area contributed by atoms with Crippen LogP contribution in [0.3, 0.4) is 0 Å². The molecule has 98 valence electrons. The van der Waals surface area contributed by atoms with Gasteiger partial charge in [-0.3, -0.25) is 9.59 Å². The van der Waals surface area contributed by atoms with E-state index in [4.69, 9.17) is 5.11 Å². The van der Waals surface area contributed by atoms with Crippen LogP contribution in [0.1, 0.15) is 18.9 Å². The van der Waals surface area contributed by atoms with E-state index in [0.29, 0.717) is 0 Å². The Hall–Kier alpha value is -1.98. The summed E-state index contributed by atoms with van der Waals surface area (Å²) in [7, 11) is 0. The molecular weight excluding hydrogens is 244 g/mol. The number of aliphatic carboxylic acids is 1. The predicted octanol–water partition coefficient (Wildman–Crippen LogP) is 1.76. The van der Waals surface area contributed by atoms with Crippen molar-refractivity contribution >= 4 is 11.9 Å². The molecule has 0 saturated carbocycles. The molecule has 0 heterocycles. The van der Waals surface area contributed by atoms with Crippen LogP contribution < -0.4 is 5.32 Å². The molecule has 18 heavy (non-hydrogen) atoms. The minimum Gasteiger partial charge on any atom is -0.481 e. The van der Waals surface area contributed by atoms with E-state index in [0.717, 1.165) is 12.1 Å². The maximum Gasteiger partial charge on any atom is 0.349 e. The van der Waals surface area contributed by atoms with Crippen molar-refractivity contribution in [2.75, 3.05) is 0 Å². The Morgan fingerprint density at radius 2 is 1.89 bits per heavy atom. The summed E-state index contributed by atoms with van der Waals surface area (Å²) >= 11 is 0. The predicted molar refractivity (Wildman–Crippen MR) is 60.2 cm³/mol. The molecule has 0 bridgehead atoms. The van der Waals surface area contributed by atoms with Crippen LogP contribution in [0.2, 0.25) is 0 Å². The van der Waals surface area contributed by atoms with Gasteiger partial charge in [-0.15, -0.1) is 0 Å². The molecule has 0 spiro atoms. The molecule has 0 fully saturated rings. The first-order valence-electron chi connectivity index (χ1n) is 5.30. The van der Waals surface area contributed by atoms with Gasteiger partial charge in [-0.05, 0) is 6.92 Å². The fraction of sp³-hybridized carbons (Fsp3) is 0.333. The molecule has 6 heteroatoms. The van der Waals surface area contributed by atoms with Gasteiger partial charge in [-0.1, -0.05) is 30.3 Å². The van der Waals surface area contributed by atoms with Crippen molar-refractivity contribution in [3.63, 3.8) is 0 Å². The van der Waals surface area contributed by atoms with Gasteiger partial charge in [0, 0.05) is 11.6 Å². The molecule has 0 aliphatic rings. The lowest BCUT2D eigenvalue weighted by Crippen LogP contribution is -2.43. The number of amides is 1. The van der Waals surface area contributed by atoms with Gasteiger partial charge in [0.25, 0.3) is 5.91 Å². The van der Waals surface area contributed by atoms with Crippen LogP contribution in [0.15, 0.2) is 30.3 Å². The summed E-state index contributed by atoms with van der Waals surface area (Å²) in [6.45, 7) is 1.35. The van der Waals surface area contributed by atoms with Gasteiger partial charge in [0.05, 0.1) is 6.42 Å². The first-order valence-corrected chi connectivity index (χ1v) is 5.30. The maximum atomic E-state index is 13.7. The number of hydrogen-bond donors (Lipinski definition) is 2. The Balaban J connectivity index is 2.74. The van der Waals surface area contributed by atoms with Crippen LogP contribution in [-0.2, 0) is 15.5 Å². The first kappa shape index (κ1) is 14.1. The van der Waals surface area contributed by atoms with Crippen LogP contribution in [-0.4, -0.2) is 23.0 Å². The zero-order valence-electron chi connectivity index (χ0n) is 9.69. The fourth-order valence-electron chi connectivity index (χ4n) is 1.41. The summed E-state index contributed by atoms with van der Waals surface area (Å²) < 4.78 is 27.4. The zero-order valence-corrected chi connectivity index (χ0v) is 9.69. The van der Waals surface area contributed by atoms with Crippen molar-refractivity contribution in [3.05, 3.63) is 35.9 Å². The van der Waals surface area contributed by atoms with E-state index in [9.17, 15) is 18.4 Å². The Morgan fingerprint density at radius 1 is 1.33 bits per heavy atom. The number of halogens is 2. The lowest BCUT2D eigenvalue weighted by atomic mass is 10.1. The molecular formula is C12H13F2NO3. The molecule has 1 rings (SSSR count). The molecule has 0 aliphatic carbocycles. The molecule has 1 aromatic carbocycles. The standard InChI is InChI=1S/C12H13F2NO3/c1-8(7-10(16)17)15-11(18)12(13,14)9-5-3-2-4-6-9/h2-6,8H,7H2,1H3,(H,15,18)(H,16,17). The quantitative estimate of drug-likeness (QED) is 0.844. The van der Waals surface area contributed by atoms with Crippen molar-refractivity contribution in [2.45, 2.75) is 25.3 Å². The monoisotopic (exact) mass is 257 g/mol. The third kappa shape index (κ3) is 3.51. The van der Waals surface area contributed by atoms with Gasteiger partial charge in [-0.2, -0.15) is 8.78 Å². The van der Waals surface area contributed by atoms with Crippen molar-refractivity contribution in [1.82, 2.24) is 5.32 Å². The molecule has 0 aliphatic heterocycles. The molecule has 1 aromatic rings. The van der Waals surface area contributed by atoms with Crippen molar-refractivity contribution in [3.8, 4) is 0 Å².